The van der Waals surface area contributed by atoms with E-state index in [2.05, 4.69) is 15.9 Å². The summed E-state index contributed by atoms with van der Waals surface area (Å²) < 4.78 is 28.2. The van der Waals surface area contributed by atoms with Crippen LogP contribution in [-0.2, 0) is 16.4 Å². The maximum Gasteiger partial charge on any atom is 0.264 e. The molecule has 1 aliphatic rings. The second-order valence-electron chi connectivity index (χ2n) is 5.08. The second kappa shape index (κ2) is 5.30. The molecule has 1 heterocycles. The lowest BCUT2D eigenvalue weighted by Crippen LogP contribution is -2.35. The first-order valence-corrected chi connectivity index (χ1v) is 9.09. The fraction of sp³-hybridized carbons (Fsp3) is 0.200. The minimum Gasteiger partial charge on any atom is -0.263 e. The summed E-state index contributed by atoms with van der Waals surface area (Å²) in [4.78, 5) is 0.259. The first-order chi connectivity index (χ1) is 9.89. The predicted octanol–water partition coefficient (Wildman–Crippen LogP) is 4.24. The van der Waals surface area contributed by atoms with Gasteiger partial charge in [-0.2, -0.15) is 0 Å². The van der Waals surface area contributed by atoms with Crippen molar-refractivity contribution in [1.82, 2.24) is 0 Å². The standard InChI is InChI=1S/C15H13BrClNO2S/c1-10-8-11-9-12(16)2-7-15(11)18(10)21(19,20)14-5-3-13(17)4-6-14/h2-7,9-10H,8H2,1H3/t10-/m1/s1. The highest BCUT2D eigenvalue weighted by Gasteiger charge is 2.35. The van der Waals surface area contributed by atoms with Crippen LogP contribution in [0.15, 0.2) is 51.8 Å². The first-order valence-electron chi connectivity index (χ1n) is 6.48. The molecule has 0 saturated carbocycles. The maximum atomic E-state index is 12.9. The molecule has 0 N–H and O–H groups in total. The molecule has 1 aliphatic heterocycles. The minimum atomic E-state index is -3.57. The summed E-state index contributed by atoms with van der Waals surface area (Å²) in [5.74, 6) is 0. The van der Waals surface area contributed by atoms with Crippen molar-refractivity contribution in [3.63, 3.8) is 0 Å². The van der Waals surface area contributed by atoms with Crippen LogP contribution in [0.25, 0.3) is 0 Å². The molecular weight excluding hydrogens is 374 g/mol. The van der Waals surface area contributed by atoms with Crippen LogP contribution in [0.4, 0.5) is 5.69 Å². The molecule has 0 aliphatic carbocycles. The van der Waals surface area contributed by atoms with Crippen molar-refractivity contribution in [3.8, 4) is 0 Å². The molecule has 3 nitrogen and oxygen atoms in total. The number of hydrogen-bond acceptors (Lipinski definition) is 2. The zero-order valence-electron chi connectivity index (χ0n) is 11.3. The third kappa shape index (κ3) is 2.58. The molecule has 1 atom stereocenters. The van der Waals surface area contributed by atoms with Crippen molar-refractivity contribution < 1.29 is 8.42 Å². The summed E-state index contributed by atoms with van der Waals surface area (Å²) in [5.41, 5.74) is 1.79. The molecular formula is C15H13BrClNO2S. The van der Waals surface area contributed by atoms with Crippen LogP contribution in [0.5, 0.6) is 0 Å². The van der Waals surface area contributed by atoms with Crippen LogP contribution in [0.1, 0.15) is 12.5 Å². The Labute approximate surface area is 137 Å². The largest absolute Gasteiger partial charge is 0.264 e. The van der Waals surface area contributed by atoms with Crippen molar-refractivity contribution in [2.24, 2.45) is 0 Å². The smallest absolute Gasteiger partial charge is 0.263 e. The molecule has 0 unspecified atom stereocenters. The van der Waals surface area contributed by atoms with E-state index in [1.165, 1.54) is 4.31 Å². The van der Waals surface area contributed by atoms with Crippen molar-refractivity contribution in [2.45, 2.75) is 24.3 Å². The van der Waals surface area contributed by atoms with Gasteiger partial charge in [0.15, 0.2) is 0 Å². The van der Waals surface area contributed by atoms with Gasteiger partial charge in [0.25, 0.3) is 10.0 Å². The third-order valence-corrected chi connectivity index (χ3v) is 6.25. The van der Waals surface area contributed by atoms with Gasteiger partial charge >= 0.3 is 0 Å². The van der Waals surface area contributed by atoms with Crippen LogP contribution >= 0.6 is 27.5 Å². The van der Waals surface area contributed by atoms with E-state index in [9.17, 15) is 8.42 Å². The van der Waals surface area contributed by atoms with Gasteiger partial charge in [-0.25, -0.2) is 8.42 Å². The average molecular weight is 387 g/mol. The normalized spacial score (nSPS) is 17.9. The van der Waals surface area contributed by atoms with Gasteiger partial charge in [0.05, 0.1) is 10.6 Å². The van der Waals surface area contributed by atoms with Gasteiger partial charge in [0, 0.05) is 15.5 Å². The molecule has 0 amide bonds. The molecule has 0 radical (unpaired) electrons. The molecule has 0 bridgehead atoms. The van der Waals surface area contributed by atoms with Crippen molar-refractivity contribution in [2.75, 3.05) is 4.31 Å². The van der Waals surface area contributed by atoms with Gasteiger partial charge in [0.1, 0.15) is 0 Å². The molecule has 0 spiro atoms. The lowest BCUT2D eigenvalue weighted by Gasteiger charge is -2.24. The van der Waals surface area contributed by atoms with E-state index >= 15 is 0 Å². The van der Waals surface area contributed by atoms with E-state index in [-0.39, 0.29) is 10.9 Å². The summed E-state index contributed by atoms with van der Waals surface area (Å²) >= 11 is 9.26. The molecule has 2 aromatic carbocycles. The Morgan fingerprint density at radius 2 is 1.86 bits per heavy atom. The zero-order chi connectivity index (χ0) is 15.2. The molecule has 0 saturated heterocycles. The Morgan fingerprint density at radius 3 is 2.52 bits per heavy atom. The Kier molecular flexibility index (Phi) is 3.76. The van der Waals surface area contributed by atoms with E-state index in [4.69, 9.17) is 11.6 Å². The average Bonchev–Trinajstić information content (AvgIpc) is 2.74. The van der Waals surface area contributed by atoms with Crippen molar-refractivity contribution in [3.05, 3.63) is 57.5 Å². The summed E-state index contributed by atoms with van der Waals surface area (Å²) in [5, 5.41) is 0.521. The Bertz CT molecular complexity index is 790. The van der Waals surface area contributed by atoms with E-state index in [0.717, 1.165) is 15.7 Å². The topological polar surface area (TPSA) is 37.4 Å². The summed E-state index contributed by atoms with van der Waals surface area (Å²) in [6, 6.07) is 11.9. The van der Waals surface area contributed by atoms with Crippen LogP contribution < -0.4 is 4.31 Å². The number of nitrogens with zero attached hydrogens (tertiary/aromatic N) is 1. The van der Waals surface area contributed by atoms with E-state index in [1.807, 2.05) is 25.1 Å². The highest BCUT2D eigenvalue weighted by atomic mass is 79.9. The fourth-order valence-electron chi connectivity index (χ4n) is 2.66. The molecule has 0 fully saturated rings. The fourth-order valence-corrected chi connectivity index (χ4v) is 4.88. The molecule has 6 heteroatoms. The van der Waals surface area contributed by atoms with Crippen LogP contribution in [0.2, 0.25) is 5.02 Å². The van der Waals surface area contributed by atoms with E-state index in [1.54, 1.807) is 24.3 Å². The van der Waals surface area contributed by atoms with Crippen LogP contribution in [0.3, 0.4) is 0 Å². The Balaban J connectivity index is 2.10. The van der Waals surface area contributed by atoms with E-state index < -0.39 is 10.0 Å². The molecule has 110 valence electrons. The number of sulfonamides is 1. The van der Waals surface area contributed by atoms with Crippen LogP contribution in [-0.4, -0.2) is 14.5 Å². The summed E-state index contributed by atoms with van der Waals surface area (Å²) in [7, 11) is -3.57. The maximum absolute atomic E-state index is 12.9. The number of fused-ring (bicyclic) bond motifs is 1. The van der Waals surface area contributed by atoms with Gasteiger partial charge in [-0.05, 0) is 61.4 Å². The highest BCUT2D eigenvalue weighted by molar-refractivity contribution is 9.10. The molecule has 2 aromatic rings. The SMILES string of the molecule is C[C@@H]1Cc2cc(Br)ccc2N1S(=O)(=O)c1ccc(Cl)cc1. The molecule has 3 rings (SSSR count). The van der Waals surface area contributed by atoms with Crippen molar-refractivity contribution in [1.29, 1.82) is 0 Å². The second-order valence-corrected chi connectivity index (χ2v) is 8.25. The molecule has 21 heavy (non-hydrogen) atoms. The number of hydrogen-bond donors (Lipinski definition) is 0. The highest BCUT2D eigenvalue weighted by Crippen LogP contribution is 2.38. The van der Waals surface area contributed by atoms with Gasteiger partial charge in [-0.3, -0.25) is 4.31 Å². The lowest BCUT2D eigenvalue weighted by molar-refractivity contribution is 0.584. The number of benzene rings is 2. The third-order valence-electron chi connectivity index (χ3n) is 3.57. The number of rotatable bonds is 2. The first kappa shape index (κ1) is 14.9. The monoisotopic (exact) mass is 385 g/mol. The number of halogens is 2. The van der Waals surface area contributed by atoms with Gasteiger partial charge in [-0.15, -0.1) is 0 Å². The lowest BCUT2D eigenvalue weighted by atomic mass is 10.1. The summed E-state index contributed by atoms with van der Waals surface area (Å²) in [6.45, 7) is 1.92. The van der Waals surface area contributed by atoms with Gasteiger partial charge in [0.2, 0.25) is 0 Å². The Hall–Kier alpha value is -1.04. The number of anilines is 1. The van der Waals surface area contributed by atoms with Crippen LogP contribution in [0, 0.1) is 0 Å². The molecule has 0 aromatic heterocycles. The predicted molar refractivity (Wildman–Crippen MR) is 88.4 cm³/mol. The van der Waals surface area contributed by atoms with E-state index in [0.29, 0.717) is 11.4 Å². The zero-order valence-corrected chi connectivity index (χ0v) is 14.4. The van der Waals surface area contributed by atoms with Crippen molar-refractivity contribution >= 4 is 43.2 Å². The Morgan fingerprint density at radius 1 is 1.19 bits per heavy atom. The van der Waals surface area contributed by atoms with Gasteiger partial charge < -0.3 is 0 Å². The van der Waals surface area contributed by atoms with Gasteiger partial charge in [-0.1, -0.05) is 27.5 Å². The summed E-state index contributed by atoms with van der Waals surface area (Å²) in [6.07, 6.45) is 0.710. The minimum absolute atomic E-state index is 0.102. The quantitative estimate of drug-likeness (QED) is 0.774.